The SMILES string of the molecule is O=C(NCc1ccc(F)cc1)c1nn2c(C(F)(F)F)cc(-c3ccccc3)nc2c1Br. The van der Waals surface area contributed by atoms with Crippen LogP contribution >= 0.6 is 15.9 Å². The van der Waals surface area contributed by atoms with E-state index in [1.54, 1.807) is 30.3 Å². The fourth-order valence-electron chi connectivity index (χ4n) is 2.96. The third-order valence-electron chi connectivity index (χ3n) is 4.47. The Labute approximate surface area is 181 Å². The Hall–Kier alpha value is -3.27. The number of nitrogens with one attached hydrogen (secondary N) is 1. The lowest BCUT2D eigenvalue weighted by Crippen LogP contribution is -2.24. The van der Waals surface area contributed by atoms with E-state index >= 15 is 0 Å². The van der Waals surface area contributed by atoms with Crippen LogP contribution < -0.4 is 5.32 Å². The highest BCUT2D eigenvalue weighted by Gasteiger charge is 2.36. The summed E-state index contributed by atoms with van der Waals surface area (Å²) in [5.74, 6) is -1.12. The minimum Gasteiger partial charge on any atom is -0.347 e. The maximum atomic E-state index is 13.7. The van der Waals surface area contributed by atoms with Crippen LogP contribution in [0.5, 0.6) is 0 Å². The molecule has 4 aromatic rings. The number of carbonyl (C=O) groups excluding carboxylic acids is 1. The number of carbonyl (C=O) groups is 1. The molecule has 0 saturated heterocycles. The Balaban J connectivity index is 1.74. The molecule has 2 heterocycles. The van der Waals surface area contributed by atoms with Crippen LogP contribution in [0.3, 0.4) is 0 Å². The van der Waals surface area contributed by atoms with Gasteiger partial charge in [0.25, 0.3) is 5.91 Å². The average molecular weight is 493 g/mol. The highest BCUT2D eigenvalue weighted by Crippen LogP contribution is 2.34. The van der Waals surface area contributed by atoms with Gasteiger partial charge in [-0.3, -0.25) is 4.79 Å². The first kappa shape index (κ1) is 21.0. The Kier molecular flexibility index (Phi) is 5.48. The molecule has 0 fully saturated rings. The molecule has 0 unspecified atom stereocenters. The van der Waals surface area contributed by atoms with Gasteiger partial charge in [0, 0.05) is 12.1 Å². The van der Waals surface area contributed by atoms with Crippen molar-refractivity contribution in [2.45, 2.75) is 12.7 Å². The van der Waals surface area contributed by atoms with Crippen molar-refractivity contribution in [2.24, 2.45) is 0 Å². The molecule has 2 aromatic carbocycles. The van der Waals surface area contributed by atoms with Crippen LogP contribution in [0.4, 0.5) is 17.6 Å². The Morgan fingerprint density at radius 1 is 1.06 bits per heavy atom. The van der Waals surface area contributed by atoms with E-state index in [0.717, 1.165) is 6.07 Å². The van der Waals surface area contributed by atoms with E-state index in [-0.39, 0.29) is 28.1 Å². The average Bonchev–Trinajstić information content (AvgIpc) is 3.09. The molecule has 1 N–H and O–H groups in total. The molecule has 1 amide bonds. The molecule has 158 valence electrons. The Morgan fingerprint density at radius 2 is 1.74 bits per heavy atom. The summed E-state index contributed by atoms with van der Waals surface area (Å²) in [6.07, 6.45) is -4.72. The van der Waals surface area contributed by atoms with Crippen molar-refractivity contribution in [2.75, 3.05) is 0 Å². The second-order valence-corrected chi connectivity index (χ2v) is 7.39. The molecule has 0 aliphatic carbocycles. The number of rotatable bonds is 4. The fourth-order valence-corrected chi connectivity index (χ4v) is 3.48. The first-order chi connectivity index (χ1) is 14.7. The number of hydrogen-bond donors (Lipinski definition) is 1. The van der Waals surface area contributed by atoms with E-state index in [9.17, 15) is 22.4 Å². The monoisotopic (exact) mass is 492 g/mol. The van der Waals surface area contributed by atoms with Crippen molar-refractivity contribution in [1.29, 1.82) is 0 Å². The lowest BCUT2D eigenvalue weighted by atomic mass is 10.1. The van der Waals surface area contributed by atoms with Gasteiger partial charge in [-0.25, -0.2) is 13.9 Å². The Morgan fingerprint density at radius 3 is 2.39 bits per heavy atom. The van der Waals surface area contributed by atoms with Gasteiger partial charge in [-0.05, 0) is 39.7 Å². The normalized spacial score (nSPS) is 11.6. The number of alkyl halides is 3. The number of hydrogen-bond acceptors (Lipinski definition) is 3. The van der Waals surface area contributed by atoms with Crippen molar-refractivity contribution in [3.63, 3.8) is 0 Å². The summed E-state index contributed by atoms with van der Waals surface area (Å²) in [5.41, 5.74) is -0.235. The van der Waals surface area contributed by atoms with Crippen LogP contribution in [-0.4, -0.2) is 20.5 Å². The second-order valence-electron chi connectivity index (χ2n) is 6.60. The molecule has 0 atom stereocenters. The first-order valence-corrected chi connectivity index (χ1v) is 9.78. The Bertz CT molecular complexity index is 1250. The highest BCUT2D eigenvalue weighted by molar-refractivity contribution is 9.10. The minimum absolute atomic E-state index is 0.0346. The number of aromatic nitrogens is 3. The molecule has 31 heavy (non-hydrogen) atoms. The van der Waals surface area contributed by atoms with Crippen LogP contribution in [0, 0.1) is 5.82 Å². The highest BCUT2D eigenvalue weighted by atomic mass is 79.9. The fraction of sp³-hybridized carbons (Fsp3) is 0.0952. The molecule has 2 aromatic heterocycles. The van der Waals surface area contributed by atoms with Gasteiger partial charge in [-0.2, -0.15) is 18.3 Å². The maximum absolute atomic E-state index is 13.7. The predicted octanol–water partition coefficient (Wildman–Crippen LogP) is 5.25. The summed E-state index contributed by atoms with van der Waals surface area (Å²) in [6, 6.07) is 14.8. The van der Waals surface area contributed by atoms with Crippen LogP contribution in [0.15, 0.2) is 65.1 Å². The molecule has 4 rings (SSSR count). The number of fused-ring (bicyclic) bond motifs is 1. The van der Waals surface area contributed by atoms with Crippen molar-refractivity contribution >= 4 is 27.5 Å². The molecule has 0 saturated carbocycles. The van der Waals surface area contributed by atoms with E-state index in [1.165, 1.54) is 24.3 Å². The summed E-state index contributed by atoms with van der Waals surface area (Å²) < 4.78 is 54.8. The summed E-state index contributed by atoms with van der Waals surface area (Å²) in [7, 11) is 0. The molecule has 5 nitrogen and oxygen atoms in total. The topological polar surface area (TPSA) is 59.3 Å². The zero-order valence-electron chi connectivity index (χ0n) is 15.6. The summed E-state index contributed by atoms with van der Waals surface area (Å²) in [6.45, 7) is 0.0498. The minimum atomic E-state index is -4.72. The number of halogens is 5. The molecule has 0 aliphatic heterocycles. The van der Waals surface area contributed by atoms with Gasteiger partial charge >= 0.3 is 6.18 Å². The lowest BCUT2D eigenvalue weighted by Gasteiger charge is -2.11. The number of nitrogens with zero attached hydrogens (tertiary/aromatic N) is 3. The lowest BCUT2D eigenvalue weighted by molar-refractivity contribution is -0.142. The van der Waals surface area contributed by atoms with Gasteiger partial charge in [0.2, 0.25) is 0 Å². The van der Waals surface area contributed by atoms with Gasteiger partial charge in [0.15, 0.2) is 17.0 Å². The molecule has 0 bridgehead atoms. The quantitative estimate of drug-likeness (QED) is 0.396. The number of benzene rings is 2. The van der Waals surface area contributed by atoms with Crippen LogP contribution in [0.1, 0.15) is 21.7 Å². The summed E-state index contributed by atoms with van der Waals surface area (Å²) in [5, 5.41) is 6.42. The van der Waals surface area contributed by atoms with Gasteiger partial charge in [0.05, 0.1) is 10.2 Å². The van der Waals surface area contributed by atoms with E-state index in [1.807, 2.05) is 0 Å². The number of amides is 1. The molecular formula is C21H13BrF4N4O. The zero-order chi connectivity index (χ0) is 22.2. The summed E-state index contributed by atoms with van der Waals surface area (Å²) >= 11 is 3.17. The molecule has 0 aliphatic rings. The van der Waals surface area contributed by atoms with Crippen LogP contribution in [0.25, 0.3) is 16.9 Å². The van der Waals surface area contributed by atoms with Gasteiger partial charge in [-0.15, -0.1) is 0 Å². The van der Waals surface area contributed by atoms with Gasteiger partial charge < -0.3 is 5.32 Å². The molecule has 0 radical (unpaired) electrons. The largest absolute Gasteiger partial charge is 0.433 e. The standard InChI is InChI=1S/C21H13BrF4N4O/c22-17-18(20(31)27-11-12-6-8-14(23)9-7-12)29-30-16(21(24,25)26)10-15(28-19(17)30)13-4-2-1-3-5-13/h1-10H,11H2,(H,27,31). The molecule has 0 spiro atoms. The third kappa shape index (κ3) is 4.29. The van der Waals surface area contributed by atoms with Crippen molar-refractivity contribution in [3.05, 3.63) is 87.9 Å². The zero-order valence-corrected chi connectivity index (χ0v) is 17.2. The van der Waals surface area contributed by atoms with E-state index in [2.05, 4.69) is 31.3 Å². The van der Waals surface area contributed by atoms with E-state index < -0.39 is 23.6 Å². The van der Waals surface area contributed by atoms with Crippen molar-refractivity contribution < 1.29 is 22.4 Å². The molecule has 10 heteroatoms. The van der Waals surface area contributed by atoms with Gasteiger partial charge in [-0.1, -0.05) is 42.5 Å². The molecular weight excluding hydrogens is 480 g/mol. The van der Waals surface area contributed by atoms with E-state index in [4.69, 9.17) is 0 Å². The van der Waals surface area contributed by atoms with Crippen LogP contribution in [-0.2, 0) is 12.7 Å². The second kappa shape index (κ2) is 8.10. The van der Waals surface area contributed by atoms with E-state index in [0.29, 0.717) is 15.6 Å². The summed E-state index contributed by atoms with van der Waals surface area (Å²) in [4.78, 5) is 16.9. The van der Waals surface area contributed by atoms with Crippen LogP contribution in [0.2, 0.25) is 0 Å². The third-order valence-corrected chi connectivity index (χ3v) is 5.20. The smallest absolute Gasteiger partial charge is 0.347 e. The maximum Gasteiger partial charge on any atom is 0.433 e. The van der Waals surface area contributed by atoms with Gasteiger partial charge in [0.1, 0.15) is 5.82 Å². The van der Waals surface area contributed by atoms with Crippen molar-refractivity contribution in [1.82, 2.24) is 19.9 Å². The first-order valence-electron chi connectivity index (χ1n) is 8.98. The predicted molar refractivity (Wildman–Crippen MR) is 109 cm³/mol. The van der Waals surface area contributed by atoms with Crippen molar-refractivity contribution in [3.8, 4) is 11.3 Å².